The maximum atomic E-state index is 5.97. The van der Waals surface area contributed by atoms with Gasteiger partial charge < -0.3 is 10.5 Å². The topological polar surface area (TPSA) is 35.2 Å². The molecule has 1 aliphatic heterocycles. The highest BCUT2D eigenvalue weighted by molar-refractivity contribution is 5.33. The molecule has 1 saturated heterocycles. The van der Waals surface area contributed by atoms with Gasteiger partial charge >= 0.3 is 0 Å². The van der Waals surface area contributed by atoms with E-state index in [1.807, 2.05) is 0 Å². The predicted molar refractivity (Wildman–Crippen MR) is 71.3 cm³/mol. The molecule has 0 radical (unpaired) electrons. The molecule has 94 valence electrons. The molecule has 0 spiro atoms. The summed E-state index contributed by atoms with van der Waals surface area (Å²) in [4.78, 5) is 0. The second-order valence-corrected chi connectivity index (χ2v) is 5.80. The van der Waals surface area contributed by atoms with Gasteiger partial charge in [0.05, 0.1) is 13.2 Å². The van der Waals surface area contributed by atoms with E-state index >= 15 is 0 Å². The fourth-order valence-electron chi connectivity index (χ4n) is 2.68. The van der Waals surface area contributed by atoms with E-state index in [0.29, 0.717) is 11.3 Å². The number of benzene rings is 1. The van der Waals surface area contributed by atoms with Crippen molar-refractivity contribution in [3.8, 4) is 0 Å². The summed E-state index contributed by atoms with van der Waals surface area (Å²) in [6.45, 7) is 9.11. The monoisotopic (exact) mass is 233 g/mol. The number of ether oxygens (including phenoxy) is 1. The fourth-order valence-corrected chi connectivity index (χ4v) is 2.68. The maximum Gasteiger partial charge on any atom is 0.0542 e. The molecule has 1 fully saturated rings. The standard InChI is InChI=1S/C15H23NO/c1-11-4-5-12(2)14(6-11)13(8-16)7-15(3)9-17-10-15/h4-6,13H,7-10,16H2,1-3H3. The molecule has 0 aliphatic carbocycles. The van der Waals surface area contributed by atoms with Gasteiger partial charge in [-0.15, -0.1) is 0 Å². The maximum absolute atomic E-state index is 5.97. The summed E-state index contributed by atoms with van der Waals surface area (Å²) >= 11 is 0. The first-order valence-electron chi connectivity index (χ1n) is 6.39. The number of rotatable bonds is 4. The van der Waals surface area contributed by atoms with Crippen molar-refractivity contribution in [3.63, 3.8) is 0 Å². The lowest BCUT2D eigenvalue weighted by molar-refractivity contribution is -0.108. The first kappa shape index (κ1) is 12.6. The van der Waals surface area contributed by atoms with E-state index in [1.54, 1.807) is 0 Å². The molecule has 2 N–H and O–H groups in total. The highest BCUT2D eigenvalue weighted by atomic mass is 16.5. The quantitative estimate of drug-likeness (QED) is 0.868. The van der Waals surface area contributed by atoms with Crippen LogP contribution in [0, 0.1) is 19.3 Å². The minimum absolute atomic E-state index is 0.334. The second-order valence-electron chi connectivity index (χ2n) is 5.80. The molecule has 2 heteroatoms. The third kappa shape index (κ3) is 2.70. The largest absolute Gasteiger partial charge is 0.380 e. The summed E-state index contributed by atoms with van der Waals surface area (Å²) in [5.41, 5.74) is 10.4. The van der Waals surface area contributed by atoms with E-state index in [9.17, 15) is 0 Å². The van der Waals surface area contributed by atoms with Crippen LogP contribution in [0.15, 0.2) is 18.2 Å². The first-order chi connectivity index (χ1) is 8.04. The summed E-state index contributed by atoms with van der Waals surface area (Å²) in [6.07, 6.45) is 1.13. The highest BCUT2D eigenvalue weighted by Gasteiger charge is 2.35. The molecular weight excluding hydrogens is 210 g/mol. The van der Waals surface area contributed by atoms with Crippen molar-refractivity contribution >= 4 is 0 Å². The molecule has 1 heterocycles. The number of hydrogen-bond donors (Lipinski definition) is 1. The summed E-state index contributed by atoms with van der Waals surface area (Å²) < 4.78 is 5.33. The Kier molecular flexibility index (Phi) is 3.55. The van der Waals surface area contributed by atoms with Crippen LogP contribution in [-0.4, -0.2) is 19.8 Å². The number of hydrogen-bond acceptors (Lipinski definition) is 2. The average molecular weight is 233 g/mol. The van der Waals surface area contributed by atoms with Crippen molar-refractivity contribution in [2.24, 2.45) is 11.1 Å². The Hall–Kier alpha value is -0.860. The van der Waals surface area contributed by atoms with Crippen LogP contribution in [0.2, 0.25) is 0 Å². The SMILES string of the molecule is Cc1ccc(C)c(C(CN)CC2(C)COC2)c1. The minimum atomic E-state index is 0.334. The number of aryl methyl sites for hydroxylation is 2. The lowest BCUT2D eigenvalue weighted by atomic mass is 9.76. The molecule has 17 heavy (non-hydrogen) atoms. The van der Waals surface area contributed by atoms with Gasteiger partial charge in [-0.05, 0) is 43.9 Å². The van der Waals surface area contributed by atoms with E-state index in [4.69, 9.17) is 10.5 Å². The van der Waals surface area contributed by atoms with Gasteiger partial charge in [0.25, 0.3) is 0 Å². The average Bonchev–Trinajstić information content (AvgIpc) is 2.27. The Morgan fingerprint density at radius 1 is 1.35 bits per heavy atom. The molecule has 2 rings (SSSR count). The van der Waals surface area contributed by atoms with Crippen LogP contribution < -0.4 is 5.73 Å². The molecular formula is C15H23NO. The molecule has 2 nitrogen and oxygen atoms in total. The zero-order valence-electron chi connectivity index (χ0n) is 11.1. The molecule has 0 bridgehead atoms. The number of nitrogens with two attached hydrogens (primary N) is 1. The molecule has 0 saturated carbocycles. The Labute approximate surface area is 104 Å². The van der Waals surface area contributed by atoms with E-state index < -0.39 is 0 Å². The van der Waals surface area contributed by atoms with Gasteiger partial charge in [0.1, 0.15) is 0 Å². The van der Waals surface area contributed by atoms with Crippen LogP contribution in [-0.2, 0) is 4.74 Å². The molecule has 0 aromatic heterocycles. The van der Waals surface area contributed by atoms with E-state index in [0.717, 1.165) is 26.2 Å². The van der Waals surface area contributed by atoms with Gasteiger partial charge in [0.15, 0.2) is 0 Å². The Morgan fingerprint density at radius 3 is 2.59 bits per heavy atom. The summed E-state index contributed by atoms with van der Waals surface area (Å²) in [6, 6.07) is 6.66. The molecule has 1 aromatic rings. The smallest absolute Gasteiger partial charge is 0.0542 e. The van der Waals surface area contributed by atoms with Crippen LogP contribution in [0.5, 0.6) is 0 Å². The van der Waals surface area contributed by atoms with Crippen molar-refractivity contribution in [2.75, 3.05) is 19.8 Å². The minimum Gasteiger partial charge on any atom is -0.380 e. The second kappa shape index (κ2) is 4.79. The van der Waals surface area contributed by atoms with Crippen LogP contribution in [0.1, 0.15) is 36.0 Å². The normalized spacial score (nSPS) is 19.8. The van der Waals surface area contributed by atoms with Gasteiger partial charge in [-0.1, -0.05) is 30.7 Å². The summed E-state index contributed by atoms with van der Waals surface area (Å²) in [7, 11) is 0. The van der Waals surface area contributed by atoms with Crippen LogP contribution in [0.3, 0.4) is 0 Å². The summed E-state index contributed by atoms with van der Waals surface area (Å²) in [5.74, 6) is 0.462. The van der Waals surface area contributed by atoms with Gasteiger partial charge in [0.2, 0.25) is 0 Å². The van der Waals surface area contributed by atoms with E-state index in [2.05, 4.69) is 39.0 Å². The van der Waals surface area contributed by atoms with Gasteiger partial charge in [-0.2, -0.15) is 0 Å². The van der Waals surface area contributed by atoms with Crippen LogP contribution in [0.4, 0.5) is 0 Å². The van der Waals surface area contributed by atoms with Crippen molar-refractivity contribution in [1.82, 2.24) is 0 Å². The van der Waals surface area contributed by atoms with Crippen LogP contribution >= 0.6 is 0 Å². The first-order valence-corrected chi connectivity index (χ1v) is 6.39. The Bertz CT molecular complexity index is 396. The van der Waals surface area contributed by atoms with Crippen molar-refractivity contribution in [3.05, 3.63) is 34.9 Å². The highest BCUT2D eigenvalue weighted by Crippen LogP contribution is 2.38. The van der Waals surface area contributed by atoms with Crippen molar-refractivity contribution < 1.29 is 4.74 Å². The molecule has 1 aromatic carbocycles. The third-order valence-corrected chi connectivity index (χ3v) is 3.80. The van der Waals surface area contributed by atoms with Gasteiger partial charge in [-0.25, -0.2) is 0 Å². The van der Waals surface area contributed by atoms with Crippen molar-refractivity contribution in [2.45, 2.75) is 33.1 Å². The van der Waals surface area contributed by atoms with E-state index in [-0.39, 0.29) is 0 Å². The molecule has 0 amide bonds. The molecule has 1 aliphatic rings. The summed E-state index contributed by atoms with van der Waals surface area (Å²) in [5, 5.41) is 0. The third-order valence-electron chi connectivity index (χ3n) is 3.80. The van der Waals surface area contributed by atoms with Gasteiger partial charge in [0, 0.05) is 5.41 Å². The lowest BCUT2D eigenvalue weighted by Crippen LogP contribution is -2.41. The van der Waals surface area contributed by atoms with Crippen LogP contribution in [0.25, 0.3) is 0 Å². The molecule has 1 atom stereocenters. The Morgan fingerprint density at radius 2 is 2.06 bits per heavy atom. The molecule has 1 unspecified atom stereocenters. The van der Waals surface area contributed by atoms with Crippen molar-refractivity contribution in [1.29, 1.82) is 0 Å². The lowest BCUT2D eigenvalue weighted by Gasteiger charge is -2.40. The predicted octanol–water partition coefficient (Wildman–Crippen LogP) is 2.77. The van der Waals surface area contributed by atoms with Gasteiger partial charge in [-0.3, -0.25) is 0 Å². The zero-order chi connectivity index (χ0) is 12.5. The fraction of sp³-hybridized carbons (Fsp3) is 0.600. The zero-order valence-corrected chi connectivity index (χ0v) is 11.1. The Balaban J connectivity index is 2.19. The van der Waals surface area contributed by atoms with E-state index in [1.165, 1.54) is 16.7 Å².